The Hall–Kier alpha value is -2.45. The van der Waals surface area contributed by atoms with Crippen molar-refractivity contribution >= 4 is 21.6 Å². The summed E-state index contributed by atoms with van der Waals surface area (Å²) >= 11 is 1.95. The van der Waals surface area contributed by atoms with Gasteiger partial charge in [-0.2, -0.15) is 0 Å². The van der Waals surface area contributed by atoms with Crippen molar-refractivity contribution in [3.8, 4) is 22.3 Å². The maximum Gasteiger partial charge on any atom is 0.124 e. The molecule has 0 bridgehead atoms. The first kappa shape index (κ1) is 15.6. The number of pyridine rings is 1. The monoisotopic (exact) mass is 367 g/mol. The average molecular weight is 368 g/mol. The Balaban J connectivity index is 1.79. The Morgan fingerprint density at radius 3 is 2.48 bits per heavy atom. The van der Waals surface area contributed by atoms with Gasteiger partial charge >= 0.3 is 0 Å². The molecule has 0 aliphatic heterocycles. The van der Waals surface area contributed by atoms with Gasteiger partial charge in [-0.05, 0) is 60.8 Å². The van der Waals surface area contributed by atoms with Crippen LogP contribution >= 0.6 is 11.3 Å². The average Bonchev–Trinajstić information content (AvgIpc) is 3.10. The summed E-state index contributed by atoms with van der Waals surface area (Å²) in [6, 6.07) is 19.9. The van der Waals surface area contributed by atoms with Gasteiger partial charge in [-0.1, -0.05) is 54.6 Å². The summed E-state index contributed by atoms with van der Waals surface area (Å²) in [4.78, 5) is 8.07. The van der Waals surface area contributed by atoms with E-state index in [1.54, 1.807) is 10.4 Å². The van der Waals surface area contributed by atoms with E-state index in [2.05, 4.69) is 54.6 Å². The van der Waals surface area contributed by atoms with Gasteiger partial charge in [0.1, 0.15) is 4.83 Å². The zero-order valence-electron chi connectivity index (χ0n) is 15.3. The lowest BCUT2D eigenvalue weighted by Crippen LogP contribution is -2.08. The van der Waals surface area contributed by atoms with Crippen LogP contribution in [0.4, 0.5) is 0 Å². The van der Waals surface area contributed by atoms with E-state index in [1.165, 1.54) is 69.4 Å². The molecule has 2 heterocycles. The zero-order valence-corrected chi connectivity index (χ0v) is 16.1. The van der Waals surface area contributed by atoms with E-state index in [0.29, 0.717) is 0 Å². The van der Waals surface area contributed by atoms with Crippen LogP contribution < -0.4 is 0 Å². The van der Waals surface area contributed by atoms with Gasteiger partial charge in [0.2, 0.25) is 0 Å². The molecule has 2 aliphatic carbocycles. The highest BCUT2D eigenvalue weighted by Crippen LogP contribution is 2.48. The van der Waals surface area contributed by atoms with Crippen molar-refractivity contribution in [2.75, 3.05) is 0 Å². The molecule has 0 fully saturated rings. The molecule has 2 aromatic heterocycles. The summed E-state index contributed by atoms with van der Waals surface area (Å²) in [5.41, 5.74) is 9.89. The van der Waals surface area contributed by atoms with Crippen LogP contribution in [0.15, 0.2) is 54.6 Å². The highest BCUT2D eigenvalue weighted by Gasteiger charge is 2.27. The summed E-state index contributed by atoms with van der Waals surface area (Å²) in [5.74, 6) is 0. The van der Waals surface area contributed by atoms with Gasteiger partial charge in [-0.15, -0.1) is 11.3 Å². The van der Waals surface area contributed by atoms with E-state index in [-0.39, 0.29) is 0 Å². The molecule has 0 saturated heterocycles. The third-order valence-corrected chi connectivity index (χ3v) is 7.34. The molecule has 132 valence electrons. The molecule has 0 radical (unpaired) electrons. The molecule has 0 saturated carbocycles. The van der Waals surface area contributed by atoms with Crippen LogP contribution in [0, 0.1) is 0 Å². The fraction of sp³-hybridized carbons (Fsp3) is 0.240. The van der Waals surface area contributed by atoms with Gasteiger partial charge in [0, 0.05) is 21.4 Å². The fourth-order valence-electron chi connectivity index (χ4n) is 4.94. The summed E-state index contributed by atoms with van der Waals surface area (Å²) < 4.78 is 0. The number of rotatable bonds is 1. The highest BCUT2D eigenvalue weighted by molar-refractivity contribution is 7.19. The minimum atomic E-state index is 1.05. The van der Waals surface area contributed by atoms with Crippen molar-refractivity contribution in [3.05, 3.63) is 76.3 Å². The normalized spacial score (nSPS) is 15.3. The first-order valence-electron chi connectivity index (χ1n) is 10.0. The number of benzene rings is 2. The Bertz CT molecular complexity index is 1170. The quantitative estimate of drug-likeness (QED) is 0.369. The third-order valence-electron chi connectivity index (χ3n) is 6.16. The van der Waals surface area contributed by atoms with E-state index in [4.69, 9.17) is 4.98 Å². The van der Waals surface area contributed by atoms with E-state index in [1.807, 2.05) is 11.3 Å². The van der Waals surface area contributed by atoms with Crippen molar-refractivity contribution in [1.82, 2.24) is 4.98 Å². The molecular formula is C25H21NS. The fourth-order valence-corrected chi connectivity index (χ4v) is 6.23. The second kappa shape index (κ2) is 6.03. The Morgan fingerprint density at radius 1 is 0.741 bits per heavy atom. The molecule has 27 heavy (non-hydrogen) atoms. The minimum Gasteiger partial charge on any atom is -0.241 e. The molecule has 4 aromatic rings. The van der Waals surface area contributed by atoms with Crippen molar-refractivity contribution in [1.29, 1.82) is 0 Å². The molecule has 2 heteroatoms. The largest absolute Gasteiger partial charge is 0.241 e. The van der Waals surface area contributed by atoms with Crippen LogP contribution in [-0.4, -0.2) is 4.98 Å². The van der Waals surface area contributed by atoms with Crippen molar-refractivity contribution < 1.29 is 0 Å². The summed E-state index contributed by atoms with van der Waals surface area (Å²) in [7, 11) is 0. The maximum absolute atomic E-state index is 5.22. The molecule has 0 unspecified atom stereocenters. The Morgan fingerprint density at radius 2 is 1.56 bits per heavy atom. The predicted octanol–water partition coefficient (Wildman–Crippen LogP) is 6.61. The van der Waals surface area contributed by atoms with Crippen LogP contribution in [0.25, 0.3) is 32.5 Å². The smallest absolute Gasteiger partial charge is 0.124 e. The molecular weight excluding hydrogens is 346 g/mol. The molecule has 0 N–H and O–H groups in total. The number of fused-ring (bicyclic) bond motifs is 6. The standard InChI is InChI=1S/C25H21NS/c1-2-9-17(10-3-1)22-23-18-11-5-4-8-16(18)14-15-20(23)26-25-24(22)19-12-6-7-13-21(19)27-25/h1-5,8-11H,6-7,12-15H2. The lowest BCUT2D eigenvalue weighted by molar-refractivity contribution is 0.700. The third kappa shape index (κ3) is 2.33. The minimum absolute atomic E-state index is 1.05. The first-order valence-corrected chi connectivity index (χ1v) is 10.8. The van der Waals surface area contributed by atoms with Crippen molar-refractivity contribution in [3.63, 3.8) is 0 Å². The van der Waals surface area contributed by atoms with Gasteiger partial charge in [0.15, 0.2) is 0 Å². The molecule has 6 rings (SSSR count). The molecule has 0 atom stereocenters. The van der Waals surface area contributed by atoms with Crippen LogP contribution in [0.2, 0.25) is 0 Å². The molecule has 0 spiro atoms. The van der Waals surface area contributed by atoms with Crippen molar-refractivity contribution in [2.45, 2.75) is 38.5 Å². The first-order chi connectivity index (χ1) is 13.4. The lowest BCUT2D eigenvalue weighted by atomic mass is 9.82. The SMILES string of the molecule is c1ccc(-c2c3c(nc4sc5c(c24)CCCC5)CCc2ccccc2-3)cc1. The number of hydrogen-bond donors (Lipinski definition) is 0. The van der Waals surface area contributed by atoms with E-state index < -0.39 is 0 Å². The van der Waals surface area contributed by atoms with Crippen molar-refractivity contribution in [2.24, 2.45) is 0 Å². The van der Waals surface area contributed by atoms with E-state index in [9.17, 15) is 0 Å². The molecule has 2 aliphatic rings. The van der Waals surface area contributed by atoms with Gasteiger partial charge in [-0.3, -0.25) is 0 Å². The van der Waals surface area contributed by atoms with E-state index in [0.717, 1.165) is 12.8 Å². The lowest BCUT2D eigenvalue weighted by Gasteiger charge is -2.23. The zero-order chi connectivity index (χ0) is 17.8. The second-order valence-electron chi connectivity index (χ2n) is 7.72. The van der Waals surface area contributed by atoms with Crippen LogP contribution in [0.3, 0.4) is 0 Å². The van der Waals surface area contributed by atoms with Gasteiger partial charge in [-0.25, -0.2) is 4.98 Å². The Kier molecular flexibility index (Phi) is 3.48. The van der Waals surface area contributed by atoms with E-state index >= 15 is 0 Å². The predicted molar refractivity (Wildman–Crippen MR) is 115 cm³/mol. The number of nitrogens with zero attached hydrogens (tertiary/aromatic N) is 1. The summed E-state index contributed by atoms with van der Waals surface area (Å²) in [5, 5.41) is 1.44. The second-order valence-corrected chi connectivity index (χ2v) is 8.81. The van der Waals surface area contributed by atoms with Crippen LogP contribution in [0.5, 0.6) is 0 Å². The molecule has 0 amide bonds. The Labute approximate surface area is 163 Å². The van der Waals surface area contributed by atoms with Crippen LogP contribution in [-0.2, 0) is 25.7 Å². The topological polar surface area (TPSA) is 12.9 Å². The molecule has 1 nitrogen and oxygen atoms in total. The van der Waals surface area contributed by atoms with Gasteiger partial charge in [0.25, 0.3) is 0 Å². The number of aryl methyl sites for hydroxylation is 4. The number of hydrogen-bond acceptors (Lipinski definition) is 2. The summed E-state index contributed by atoms with van der Waals surface area (Å²) in [6.45, 7) is 0. The van der Waals surface area contributed by atoms with Gasteiger partial charge < -0.3 is 0 Å². The molecule has 2 aromatic carbocycles. The number of aromatic nitrogens is 1. The van der Waals surface area contributed by atoms with Crippen LogP contribution in [0.1, 0.15) is 34.5 Å². The number of thiophene rings is 1. The van der Waals surface area contributed by atoms with Gasteiger partial charge in [0.05, 0.1) is 5.69 Å². The summed E-state index contributed by atoms with van der Waals surface area (Å²) in [6.07, 6.45) is 7.21. The maximum atomic E-state index is 5.22. The highest BCUT2D eigenvalue weighted by atomic mass is 32.1.